The fourth-order valence-corrected chi connectivity index (χ4v) is 2.03. The van der Waals surface area contributed by atoms with E-state index < -0.39 is 5.82 Å². The lowest BCUT2D eigenvalue weighted by atomic mass is 10.3. The molecule has 1 aromatic carbocycles. The van der Waals surface area contributed by atoms with Crippen LogP contribution in [0.1, 0.15) is 19.8 Å². The largest absolute Gasteiger partial charge is 0.395 e. The number of benzene rings is 1. The van der Waals surface area contributed by atoms with Crippen LogP contribution >= 0.6 is 11.6 Å². The highest BCUT2D eigenvalue weighted by Gasteiger charge is 2.08. The van der Waals surface area contributed by atoms with E-state index in [4.69, 9.17) is 16.7 Å². The molecule has 112 valence electrons. The van der Waals surface area contributed by atoms with Gasteiger partial charge in [-0.15, -0.1) is 0 Å². The van der Waals surface area contributed by atoms with Gasteiger partial charge in [0.25, 0.3) is 0 Å². The van der Waals surface area contributed by atoms with E-state index >= 15 is 0 Å². The summed E-state index contributed by atoms with van der Waals surface area (Å²) in [6.45, 7) is 4.11. The van der Waals surface area contributed by atoms with Gasteiger partial charge in [0.15, 0.2) is 0 Å². The number of anilines is 1. The summed E-state index contributed by atoms with van der Waals surface area (Å²) in [6, 6.07) is 4.07. The van der Waals surface area contributed by atoms with Gasteiger partial charge in [0.1, 0.15) is 5.82 Å². The number of nitrogens with one attached hydrogen (secondary N) is 1. The van der Waals surface area contributed by atoms with Crippen LogP contribution in [0, 0.1) is 5.82 Å². The average Bonchev–Trinajstić information content (AvgIpc) is 2.41. The summed E-state index contributed by atoms with van der Waals surface area (Å²) in [7, 11) is 0. The van der Waals surface area contributed by atoms with Crippen molar-refractivity contribution in [3.05, 3.63) is 29.0 Å². The molecule has 0 spiro atoms. The molecule has 0 unspecified atom stereocenters. The lowest BCUT2D eigenvalue weighted by Crippen LogP contribution is -2.31. The highest BCUT2D eigenvalue weighted by atomic mass is 35.5. The second-order valence-electron chi connectivity index (χ2n) is 4.49. The van der Waals surface area contributed by atoms with Crippen LogP contribution in [-0.2, 0) is 4.79 Å². The van der Waals surface area contributed by atoms with Gasteiger partial charge in [0.05, 0.1) is 11.6 Å². The highest BCUT2D eigenvalue weighted by molar-refractivity contribution is 6.31. The van der Waals surface area contributed by atoms with E-state index in [1.54, 1.807) is 0 Å². The summed E-state index contributed by atoms with van der Waals surface area (Å²) in [5.41, 5.74) is 0.477. The number of hydrogen-bond donors (Lipinski definition) is 2. The molecule has 1 amide bonds. The third-order valence-corrected chi connectivity index (χ3v) is 3.10. The number of carbonyl (C=O) groups excluding carboxylic acids is 1. The Bertz CT molecular complexity index is 437. The topological polar surface area (TPSA) is 52.6 Å². The van der Waals surface area contributed by atoms with Gasteiger partial charge in [-0.05, 0) is 31.2 Å². The molecule has 0 heterocycles. The predicted octanol–water partition coefficient (Wildman–Crippen LogP) is 2.51. The summed E-state index contributed by atoms with van der Waals surface area (Å²) in [5, 5.41) is 11.6. The van der Waals surface area contributed by atoms with E-state index in [1.165, 1.54) is 18.2 Å². The van der Waals surface area contributed by atoms with Crippen LogP contribution in [-0.4, -0.2) is 42.2 Å². The fourth-order valence-electron chi connectivity index (χ4n) is 1.85. The molecule has 4 nitrogen and oxygen atoms in total. The first-order valence-electron chi connectivity index (χ1n) is 6.65. The van der Waals surface area contributed by atoms with Crippen molar-refractivity contribution in [2.24, 2.45) is 0 Å². The van der Waals surface area contributed by atoms with Gasteiger partial charge in [0, 0.05) is 25.2 Å². The van der Waals surface area contributed by atoms with Crippen LogP contribution in [0.4, 0.5) is 10.1 Å². The molecule has 0 atom stereocenters. The van der Waals surface area contributed by atoms with E-state index in [0.29, 0.717) is 25.2 Å². The van der Waals surface area contributed by atoms with Crippen LogP contribution in [0.25, 0.3) is 0 Å². The predicted molar refractivity (Wildman–Crippen MR) is 78.5 cm³/mol. The maximum atomic E-state index is 13.0. The Morgan fingerprint density at radius 2 is 2.15 bits per heavy atom. The normalized spacial score (nSPS) is 10.8. The van der Waals surface area contributed by atoms with Crippen LogP contribution in [0.3, 0.4) is 0 Å². The van der Waals surface area contributed by atoms with Gasteiger partial charge in [-0.1, -0.05) is 18.5 Å². The number of aliphatic hydroxyl groups excluding tert-OH is 1. The van der Waals surface area contributed by atoms with Crippen LogP contribution in [0.2, 0.25) is 5.02 Å². The third-order valence-electron chi connectivity index (χ3n) is 2.81. The second kappa shape index (κ2) is 8.89. The third kappa shape index (κ3) is 5.86. The number of amides is 1. The minimum atomic E-state index is -0.512. The molecule has 0 aliphatic carbocycles. The zero-order chi connectivity index (χ0) is 15.0. The van der Waals surface area contributed by atoms with Crippen molar-refractivity contribution in [3.63, 3.8) is 0 Å². The molecule has 6 heteroatoms. The van der Waals surface area contributed by atoms with E-state index in [0.717, 1.165) is 13.0 Å². The molecular weight excluding hydrogens is 283 g/mol. The molecule has 0 fully saturated rings. The van der Waals surface area contributed by atoms with Crippen molar-refractivity contribution in [3.8, 4) is 0 Å². The summed E-state index contributed by atoms with van der Waals surface area (Å²) in [4.78, 5) is 13.8. The van der Waals surface area contributed by atoms with E-state index in [2.05, 4.69) is 5.32 Å². The van der Waals surface area contributed by atoms with Crippen molar-refractivity contribution >= 4 is 23.2 Å². The van der Waals surface area contributed by atoms with E-state index in [9.17, 15) is 9.18 Å². The van der Waals surface area contributed by atoms with Gasteiger partial charge in [0.2, 0.25) is 5.91 Å². The summed E-state index contributed by atoms with van der Waals surface area (Å²) in [6.07, 6.45) is 1.28. The van der Waals surface area contributed by atoms with E-state index in [1.807, 2.05) is 11.8 Å². The maximum Gasteiger partial charge on any atom is 0.225 e. The van der Waals surface area contributed by atoms with Crippen molar-refractivity contribution in [2.75, 3.05) is 31.6 Å². The number of hydrogen-bond acceptors (Lipinski definition) is 3. The molecular formula is C14H20ClFN2O2. The van der Waals surface area contributed by atoms with Crippen LogP contribution in [0.5, 0.6) is 0 Å². The van der Waals surface area contributed by atoms with Crippen LogP contribution < -0.4 is 5.32 Å². The van der Waals surface area contributed by atoms with Gasteiger partial charge in [-0.3, -0.25) is 4.79 Å². The average molecular weight is 303 g/mol. The molecule has 0 saturated carbocycles. The minimum absolute atomic E-state index is 0.0179. The molecule has 2 N–H and O–H groups in total. The molecule has 0 bridgehead atoms. The van der Waals surface area contributed by atoms with Crippen molar-refractivity contribution in [1.29, 1.82) is 0 Å². The standard InChI is InChI=1S/C14H20ClFN2O2/c1-2-6-18(8-9-19)7-5-14(20)17-11-3-4-13(16)12(15)10-11/h3-4,10,19H,2,5-9H2,1H3,(H,17,20). The first-order valence-corrected chi connectivity index (χ1v) is 7.02. The Hall–Kier alpha value is -1.17. The summed E-state index contributed by atoms with van der Waals surface area (Å²) < 4.78 is 13.0. The first kappa shape index (κ1) is 16.9. The summed E-state index contributed by atoms with van der Waals surface area (Å²) >= 11 is 5.64. The Kier molecular flexibility index (Phi) is 7.51. The Morgan fingerprint density at radius 3 is 2.75 bits per heavy atom. The lowest BCUT2D eigenvalue weighted by Gasteiger charge is -2.20. The number of carbonyl (C=O) groups is 1. The number of nitrogens with zero attached hydrogens (tertiary/aromatic N) is 1. The van der Waals surface area contributed by atoms with Gasteiger partial charge >= 0.3 is 0 Å². The molecule has 0 radical (unpaired) electrons. The zero-order valence-electron chi connectivity index (χ0n) is 11.5. The Balaban J connectivity index is 2.44. The molecule has 1 aromatic rings. The Labute approximate surface area is 123 Å². The molecule has 0 aliphatic rings. The molecule has 0 saturated heterocycles. The number of aliphatic hydroxyl groups is 1. The maximum absolute atomic E-state index is 13.0. The fraction of sp³-hybridized carbons (Fsp3) is 0.500. The van der Waals surface area contributed by atoms with Gasteiger partial charge < -0.3 is 15.3 Å². The monoisotopic (exact) mass is 302 g/mol. The highest BCUT2D eigenvalue weighted by Crippen LogP contribution is 2.19. The van der Waals surface area contributed by atoms with Gasteiger partial charge in [-0.25, -0.2) is 4.39 Å². The summed E-state index contributed by atoms with van der Waals surface area (Å²) in [5.74, 6) is -0.673. The van der Waals surface area contributed by atoms with Gasteiger partial charge in [-0.2, -0.15) is 0 Å². The quantitative estimate of drug-likeness (QED) is 0.776. The number of rotatable bonds is 8. The smallest absolute Gasteiger partial charge is 0.225 e. The van der Waals surface area contributed by atoms with Crippen molar-refractivity contribution in [2.45, 2.75) is 19.8 Å². The van der Waals surface area contributed by atoms with Crippen molar-refractivity contribution < 1.29 is 14.3 Å². The Morgan fingerprint density at radius 1 is 1.40 bits per heavy atom. The van der Waals surface area contributed by atoms with Crippen LogP contribution in [0.15, 0.2) is 18.2 Å². The van der Waals surface area contributed by atoms with E-state index in [-0.39, 0.29) is 17.5 Å². The zero-order valence-corrected chi connectivity index (χ0v) is 12.3. The van der Waals surface area contributed by atoms with Crippen molar-refractivity contribution in [1.82, 2.24) is 4.90 Å². The second-order valence-corrected chi connectivity index (χ2v) is 4.90. The molecule has 20 heavy (non-hydrogen) atoms. The lowest BCUT2D eigenvalue weighted by molar-refractivity contribution is -0.116. The molecule has 1 rings (SSSR count). The molecule has 0 aliphatic heterocycles. The minimum Gasteiger partial charge on any atom is -0.395 e. The molecule has 0 aromatic heterocycles. The SMILES string of the molecule is CCCN(CCO)CCC(=O)Nc1ccc(F)c(Cl)c1. The number of halogens is 2. The first-order chi connectivity index (χ1) is 9.56.